The molecule has 0 unspecified atom stereocenters. The topological polar surface area (TPSA) is 85.0 Å². The number of piperidine rings is 1. The number of carbonyl (C=O) groups excluding carboxylic acids is 1. The predicted octanol–water partition coefficient (Wildman–Crippen LogP) is 3.02. The van der Waals surface area contributed by atoms with Gasteiger partial charge in [-0.3, -0.25) is 9.48 Å². The molecule has 1 aliphatic heterocycles. The lowest BCUT2D eigenvalue weighted by molar-refractivity contribution is 0.0988. The maximum atomic E-state index is 12.4. The number of hydrogen-bond donors (Lipinski definition) is 2. The van der Waals surface area contributed by atoms with Crippen molar-refractivity contribution in [2.24, 2.45) is 0 Å². The van der Waals surface area contributed by atoms with Gasteiger partial charge in [-0.25, -0.2) is 0 Å². The summed E-state index contributed by atoms with van der Waals surface area (Å²) in [5.41, 5.74) is 3.38. The first-order valence-corrected chi connectivity index (χ1v) is 8.79. The van der Waals surface area contributed by atoms with Gasteiger partial charge in [0.15, 0.2) is 0 Å². The van der Waals surface area contributed by atoms with Crippen molar-refractivity contribution in [2.75, 3.05) is 18.4 Å². The molecule has 1 aromatic carbocycles. The summed E-state index contributed by atoms with van der Waals surface area (Å²) in [6.07, 6.45) is 5.61. The molecule has 0 atom stereocenters. The smallest absolute Gasteiger partial charge is 0.294 e. The minimum Gasteiger partial charge on any atom is -0.350 e. The lowest BCUT2D eigenvalue weighted by atomic mass is 10.1. The summed E-state index contributed by atoms with van der Waals surface area (Å²) in [7, 11) is 0. The molecule has 0 bridgehead atoms. The Hall–Kier alpha value is -2.93. The first kappa shape index (κ1) is 16.5. The van der Waals surface area contributed by atoms with Crippen molar-refractivity contribution < 1.29 is 9.32 Å². The first-order valence-electron chi connectivity index (χ1n) is 8.79. The van der Waals surface area contributed by atoms with E-state index in [-0.39, 0.29) is 11.7 Å². The molecule has 1 saturated heterocycles. The van der Waals surface area contributed by atoms with E-state index in [4.69, 9.17) is 4.52 Å². The molecule has 2 N–H and O–H groups in total. The Morgan fingerprint density at radius 2 is 2.04 bits per heavy atom. The molecular weight excluding hydrogens is 330 g/mol. The minimum atomic E-state index is -0.333. The summed E-state index contributed by atoms with van der Waals surface area (Å²) in [5, 5.41) is 14.5. The Morgan fingerprint density at radius 3 is 2.81 bits per heavy atom. The average Bonchev–Trinajstić information content (AvgIpc) is 3.33. The third kappa shape index (κ3) is 3.52. The fourth-order valence-electron chi connectivity index (χ4n) is 3.11. The van der Waals surface area contributed by atoms with E-state index in [1.54, 1.807) is 12.3 Å². The van der Waals surface area contributed by atoms with Gasteiger partial charge in [0.1, 0.15) is 5.69 Å². The van der Waals surface area contributed by atoms with Crippen LogP contribution in [-0.4, -0.2) is 33.9 Å². The highest BCUT2D eigenvalue weighted by molar-refractivity contribution is 6.02. The van der Waals surface area contributed by atoms with Crippen LogP contribution in [0.2, 0.25) is 0 Å². The maximum Gasteiger partial charge on any atom is 0.294 e. The standard InChI is InChI=1S/C19H21N5O2/c1-13-2-4-14(5-3-13)17-10-18(26-23-17)19(25)22-15-11-21-24(12-15)16-6-8-20-9-7-16/h2-5,10-12,16,20H,6-9H2,1H3,(H,22,25). The van der Waals surface area contributed by atoms with Gasteiger partial charge in [-0.05, 0) is 32.9 Å². The van der Waals surface area contributed by atoms with Crippen molar-refractivity contribution in [1.29, 1.82) is 0 Å². The van der Waals surface area contributed by atoms with E-state index in [2.05, 4.69) is 20.9 Å². The molecule has 1 amide bonds. The monoisotopic (exact) mass is 351 g/mol. The molecule has 7 heteroatoms. The molecule has 1 fully saturated rings. The van der Waals surface area contributed by atoms with E-state index in [1.165, 1.54) is 5.56 Å². The molecule has 2 aromatic heterocycles. The van der Waals surface area contributed by atoms with Crippen molar-refractivity contribution in [2.45, 2.75) is 25.8 Å². The highest BCUT2D eigenvalue weighted by atomic mass is 16.5. The minimum absolute atomic E-state index is 0.176. The van der Waals surface area contributed by atoms with Gasteiger partial charge in [-0.2, -0.15) is 5.10 Å². The second-order valence-electron chi connectivity index (χ2n) is 6.59. The molecule has 3 heterocycles. The molecule has 26 heavy (non-hydrogen) atoms. The molecule has 134 valence electrons. The van der Waals surface area contributed by atoms with E-state index in [0.29, 0.717) is 17.4 Å². The summed E-state index contributed by atoms with van der Waals surface area (Å²) in [6.45, 7) is 4.01. The molecule has 4 rings (SSSR count). The number of aryl methyl sites for hydroxylation is 1. The zero-order valence-electron chi connectivity index (χ0n) is 14.6. The molecule has 1 aliphatic rings. The summed E-state index contributed by atoms with van der Waals surface area (Å²) in [6, 6.07) is 9.94. The summed E-state index contributed by atoms with van der Waals surface area (Å²) in [5.74, 6) is -0.157. The number of nitrogens with zero attached hydrogens (tertiary/aromatic N) is 3. The second kappa shape index (κ2) is 7.13. The molecule has 0 aliphatic carbocycles. The van der Waals surface area contributed by atoms with Crippen molar-refractivity contribution in [3.8, 4) is 11.3 Å². The molecule has 7 nitrogen and oxygen atoms in total. The highest BCUT2D eigenvalue weighted by Crippen LogP contribution is 2.22. The number of aromatic nitrogens is 3. The Kier molecular flexibility index (Phi) is 4.53. The Bertz CT molecular complexity index is 891. The van der Waals surface area contributed by atoms with Crippen LogP contribution in [0.15, 0.2) is 47.2 Å². The van der Waals surface area contributed by atoms with Gasteiger partial charge in [0.05, 0.1) is 17.9 Å². The van der Waals surface area contributed by atoms with Crippen LogP contribution in [0.4, 0.5) is 5.69 Å². The van der Waals surface area contributed by atoms with Crippen molar-refractivity contribution in [3.63, 3.8) is 0 Å². The van der Waals surface area contributed by atoms with Gasteiger partial charge < -0.3 is 15.2 Å². The molecule has 0 spiro atoms. The first-order chi connectivity index (χ1) is 12.7. The number of rotatable bonds is 4. The number of anilines is 1. The van der Waals surface area contributed by atoms with Crippen LogP contribution in [0.3, 0.4) is 0 Å². The van der Waals surface area contributed by atoms with Gasteiger partial charge >= 0.3 is 0 Å². The normalized spacial score (nSPS) is 15.1. The van der Waals surface area contributed by atoms with Gasteiger partial charge in [-0.1, -0.05) is 35.0 Å². The summed E-state index contributed by atoms with van der Waals surface area (Å²) in [4.78, 5) is 12.4. The van der Waals surface area contributed by atoms with Gasteiger partial charge in [0, 0.05) is 17.8 Å². The van der Waals surface area contributed by atoms with Crippen molar-refractivity contribution in [3.05, 3.63) is 54.0 Å². The SMILES string of the molecule is Cc1ccc(-c2cc(C(=O)Nc3cnn(C4CCNCC4)c3)on2)cc1. The van der Waals surface area contributed by atoms with E-state index in [1.807, 2.05) is 42.1 Å². The van der Waals surface area contributed by atoms with Crippen LogP contribution >= 0.6 is 0 Å². The van der Waals surface area contributed by atoms with E-state index in [9.17, 15) is 4.79 Å². The molecular formula is C19H21N5O2. The molecule has 3 aromatic rings. The Morgan fingerprint density at radius 1 is 1.27 bits per heavy atom. The third-order valence-electron chi connectivity index (χ3n) is 4.62. The Balaban J connectivity index is 1.44. The zero-order chi connectivity index (χ0) is 17.9. The zero-order valence-corrected chi connectivity index (χ0v) is 14.6. The summed E-state index contributed by atoms with van der Waals surface area (Å²) >= 11 is 0. The number of carbonyl (C=O) groups is 1. The van der Waals surface area contributed by atoms with Crippen molar-refractivity contribution in [1.82, 2.24) is 20.3 Å². The van der Waals surface area contributed by atoms with Crippen LogP contribution in [0.25, 0.3) is 11.3 Å². The Labute approximate surface area is 151 Å². The lowest BCUT2D eigenvalue weighted by Crippen LogP contribution is -2.29. The van der Waals surface area contributed by atoms with Crippen LogP contribution < -0.4 is 10.6 Å². The van der Waals surface area contributed by atoms with E-state index in [0.717, 1.165) is 31.5 Å². The maximum absolute atomic E-state index is 12.4. The van der Waals surface area contributed by atoms with Gasteiger partial charge in [0.25, 0.3) is 5.91 Å². The highest BCUT2D eigenvalue weighted by Gasteiger charge is 2.18. The number of amides is 1. The van der Waals surface area contributed by atoms with Crippen LogP contribution in [-0.2, 0) is 0 Å². The third-order valence-corrected chi connectivity index (χ3v) is 4.62. The van der Waals surface area contributed by atoms with E-state index >= 15 is 0 Å². The quantitative estimate of drug-likeness (QED) is 0.755. The number of benzene rings is 1. The van der Waals surface area contributed by atoms with Crippen LogP contribution in [0.5, 0.6) is 0 Å². The van der Waals surface area contributed by atoms with Crippen molar-refractivity contribution >= 4 is 11.6 Å². The van der Waals surface area contributed by atoms with Crippen LogP contribution in [0, 0.1) is 6.92 Å². The van der Waals surface area contributed by atoms with Gasteiger partial charge in [0.2, 0.25) is 5.76 Å². The fourth-order valence-corrected chi connectivity index (χ4v) is 3.11. The fraction of sp³-hybridized carbons (Fsp3) is 0.316. The predicted molar refractivity (Wildman–Crippen MR) is 98.0 cm³/mol. The largest absolute Gasteiger partial charge is 0.350 e. The summed E-state index contributed by atoms with van der Waals surface area (Å²) < 4.78 is 7.13. The molecule has 0 radical (unpaired) electrons. The second-order valence-corrected chi connectivity index (χ2v) is 6.59. The average molecular weight is 351 g/mol. The number of hydrogen-bond acceptors (Lipinski definition) is 5. The van der Waals surface area contributed by atoms with Gasteiger partial charge in [-0.15, -0.1) is 0 Å². The lowest BCUT2D eigenvalue weighted by Gasteiger charge is -2.22. The van der Waals surface area contributed by atoms with Crippen LogP contribution in [0.1, 0.15) is 35.0 Å². The number of nitrogens with one attached hydrogen (secondary N) is 2. The van der Waals surface area contributed by atoms with E-state index < -0.39 is 0 Å². The molecule has 0 saturated carbocycles.